The second kappa shape index (κ2) is 5.19. The van der Waals surface area contributed by atoms with Gasteiger partial charge in [0.25, 0.3) is 0 Å². The van der Waals surface area contributed by atoms with E-state index in [4.69, 9.17) is 9.47 Å². The van der Waals surface area contributed by atoms with Crippen molar-refractivity contribution >= 4 is 5.97 Å². The molecule has 140 valence electrons. The van der Waals surface area contributed by atoms with Gasteiger partial charge in [0.05, 0.1) is 11.1 Å². The fourth-order valence-corrected chi connectivity index (χ4v) is 3.77. The first-order chi connectivity index (χ1) is 13.4. The number of rotatable bonds is 0. The maximum absolute atomic E-state index is 15.0. The average Bonchev–Trinajstić information content (AvgIpc) is 2.97. The molecule has 0 fully saturated rings. The number of aromatic hydroxyl groups is 2. The Balaban J connectivity index is 1.99. The number of hydrogen-bond acceptors (Lipinski definition) is 5. The quantitative estimate of drug-likeness (QED) is 0.450. The maximum Gasteiger partial charge on any atom is 0.340 e. The number of esters is 1. The van der Waals surface area contributed by atoms with Crippen LogP contribution < -0.4 is 4.74 Å². The molecule has 0 aliphatic carbocycles. The summed E-state index contributed by atoms with van der Waals surface area (Å²) < 4.78 is 54.7. The largest absolute Gasteiger partial charge is 0.508 e. The Kier molecular flexibility index (Phi) is 3.06. The molecule has 0 radical (unpaired) electrons. The number of phenols is 2. The van der Waals surface area contributed by atoms with E-state index in [0.717, 1.165) is 6.07 Å². The third kappa shape index (κ3) is 1.79. The molecule has 2 aliphatic heterocycles. The highest BCUT2D eigenvalue weighted by Crippen LogP contribution is 2.58. The second-order valence-electron chi connectivity index (χ2n) is 6.39. The summed E-state index contributed by atoms with van der Waals surface area (Å²) in [4.78, 5) is 12.5. The van der Waals surface area contributed by atoms with Gasteiger partial charge in [-0.25, -0.2) is 9.18 Å². The molecule has 0 aromatic heterocycles. The Morgan fingerprint density at radius 2 is 1.64 bits per heavy atom. The molecule has 8 heteroatoms. The van der Waals surface area contributed by atoms with Crippen LogP contribution in [0.15, 0.2) is 42.5 Å². The van der Waals surface area contributed by atoms with E-state index >= 15 is 0 Å². The van der Waals surface area contributed by atoms with Crippen LogP contribution in [-0.2, 0) is 10.3 Å². The third-order valence-corrected chi connectivity index (χ3v) is 4.94. The van der Waals surface area contributed by atoms with Crippen LogP contribution in [0, 0.1) is 17.5 Å². The maximum atomic E-state index is 15.0. The first-order valence-corrected chi connectivity index (χ1v) is 8.10. The topological polar surface area (TPSA) is 76.0 Å². The lowest BCUT2D eigenvalue weighted by atomic mass is 9.77. The Hall–Kier alpha value is -3.68. The van der Waals surface area contributed by atoms with Crippen LogP contribution in [-0.4, -0.2) is 16.2 Å². The Labute approximate surface area is 155 Å². The number of fused-ring (bicyclic) bond motifs is 6. The monoisotopic (exact) mass is 386 g/mol. The van der Waals surface area contributed by atoms with Crippen molar-refractivity contribution in [2.75, 3.05) is 0 Å². The molecule has 1 unspecified atom stereocenters. The first kappa shape index (κ1) is 16.5. The molecule has 1 spiro atoms. The molecule has 2 heterocycles. The van der Waals surface area contributed by atoms with E-state index in [1.54, 1.807) is 12.1 Å². The second-order valence-corrected chi connectivity index (χ2v) is 6.39. The number of carbonyl (C=O) groups excluding carboxylic acids is 1. The van der Waals surface area contributed by atoms with Crippen molar-refractivity contribution in [3.05, 3.63) is 82.2 Å². The lowest BCUT2D eigenvalue weighted by Gasteiger charge is -2.36. The number of phenolic OH excluding ortho intramolecular Hbond substituents is 2. The van der Waals surface area contributed by atoms with Gasteiger partial charge >= 0.3 is 5.97 Å². The molecule has 3 aromatic carbocycles. The zero-order chi connectivity index (χ0) is 19.8. The smallest absolute Gasteiger partial charge is 0.340 e. The summed E-state index contributed by atoms with van der Waals surface area (Å²) in [5.74, 6) is -8.60. The fourth-order valence-electron chi connectivity index (χ4n) is 3.77. The van der Waals surface area contributed by atoms with E-state index in [1.807, 2.05) is 0 Å². The van der Waals surface area contributed by atoms with E-state index in [9.17, 15) is 28.2 Å². The molecule has 3 aromatic rings. The van der Waals surface area contributed by atoms with Crippen molar-refractivity contribution in [2.45, 2.75) is 5.60 Å². The molecule has 28 heavy (non-hydrogen) atoms. The lowest BCUT2D eigenvalue weighted by Crippen LogP contribution is -2.35. The molecule has 0 bridgehead atoms. The Morgan fingerprint density at radius 1 is 0.893 bits per heavy atom. The van der Waals surface area contributed by atoms with Gasteiger partial charge < -0.3 is 19.7 Å². The van der Waals surface area contributed by atoms with Crippen molar-refractivity contribution in [1.29, 1.82) is 0 Å². The molecular formula is C20H9F3O5. The highest BCUT2D eigenvalue weighted by Gasteiger charge is 2.56. The summed E-state index contributed by atoms with van der Waals surface area (Å²) in [5, 5.41) is 19.4. The van der Waals surface area contributed by atoms with Crippen LogP contribution >= 0.6 is 0 Å². The summed E-state index contributed by atoms with van der Waals surface area (Å²) >= 11 is 0. The van der Waals surface area contributed by atoms with Crippen molar-refractivity contribution in [3.63, 3.8) is 0 Å². The van der Waals surface area contributed by atoms with Gasteiger partial charge in [-0.15, -0.1) is 0 Å². The summed E-state index contributed by atoms with van der Waals surface area (Å²) in [6, 6.07) is 9.70. The average molecular weight is 386 g/mol. The normalized spacial score (nSPS) is 18.9. The van der Waals surface area contributed by atoms with Gasteiger partial charge in [0.1, 0.15) is 11.5 Å². The summed E-state index contributed by atoms with van der Waals surface area (Å²) in [6.07, 6.45) is 0. The zero-order valence-electron chi connectivity index (χ0n) is 13.8. The van der Waals surface area contributed by atoms with Gasteiger partial charge in [-0.1, -0.05) is 18.2 Å². The molecule has 0 saturated heterocycles. The van der Waals surface area contributed by atoms with Gasteiger partial charge in [-0.2, -0.15) is 8.78 Å². The molecule has 5 rings (SSSR count). The van der Waals surface area contributed by atoms with Crippen LogP contribution in [0.1, 0.15) is 27.0 Å². The van der Waals surface area contributed by atoms with E-state index in [0.29, 0.717) is 0 Å². The van der Waals surface area contributed by atoms with E-state index in [-0.39, 0.29) is 28.2 Å². The standard InChI is InChI=1S/C20H9F3O5/c21-14-13-18(16(23)17(25)15(14)22)27-12-7-8(24)5-6-11(12)20(13)10-4-2-1-3-9(10)19(26)28-20/h1-7,24-25H. The number of ether oxygens (including phenoxy) is 2. The SMILES string of the molecule is O=C1OC2(c3ccc(O)cc3Oc3c(F)c(O)c(F)c(F)c32)c2ccccc21. The van der Waals surface area contributed by atoms with Crippen molar-refractivity contribution in [1.82, 2.24) is 0 Å². The molecule has 2 aliphatic rings. The van der Waals surface area contributed by atoms with Crippen LogP contribution in [0.4, 0.5) is 13.2 Å². The fraction of sp³-hybridized carbons (Fsp3) is 0.0500. The van der Waals surface area contributed by atoms with E-state index in [2.05, 4.69) is 0 Å². The molecule has 2 N–H and O–H groups in total. The summed E-state index contributed by atoms with van der Waals surface area (Å²) in [7, 11) is 0. The number of hydrogen-bond donors (Lipinski definition) is 2. The minimum atomic E-state index is -2.05. The molecule has 0 saturated carbocycles. The highest BCUT2D eigenvalue weighted by molar-refractivity contribution is 5.97. The summed E-state index contributed by atoms with van der Waals surface area (Å²) in [6.45, 7) is 0. The van der Waals surface area contributed by atoms with Gasteiger partial charge in [-0.3, -0.25) is 0 Å². The lowest BCUT2D eigenvalue weighted by molar-refractivity contribution is 0.0206. The van der Waals surface area contributed by atoms with Gasteiger partial charge in [0, 0.05) is 17.2 Å². The van der Waals surface area contributed by atoms with Crippen molar-refractivity contribution in [2.24, 2.45) is 0 Å². The molecular weight excluding hydrogens is 377 g/mol. The van der Waals surface area contributed by atoms with Gasteiger partial charge in [-0.05, 0) is 18.2 Å². The van der Waals surface area contributed by atoms with Crippen LogP contribution in [0.25, 0.3) is 0 Å². The van der Waals surface area contributed by atoms with Crippen LogP contribution in [0.2, 0.25) is 0 Å². The highest BCUT2D eigenvalue weighted by atomic mass is 19.2. The van der Waals surface area contributed by atoms with E-state index in [1.165, 1.54) is 24.3 Å². The first-order valence-electron chi connectivity index (χ1n) is 8.10. The van der Waals surface area contributed by atoms with Crippen LogP contribution in [0.3, 0.4) is 0 Å². The van der Waals surface area contributed by atoms with Gasteiger partial charge in [0.2, 0.25) is 11.6 Å². The van der Waals surface area contributed by atoms with Crippen molar-refractivity contribution < 1.29 is 37.7 Å². The predicted molar refractivity (Wildman–Crippen MR) is 87.9 cm³/mol. The number of carbonyl (C=O) groups is 1. The third-order valence-electron chi connectivity index (χ3n) is 4.94. The Morgan fingerprint density at radius 3 is 2.43 bits per heavy atom. The summed E-state index contributed by atoms with van der Waals surface area (Å²) in [5.41, 5.74) is -2.46. The Bertz CT molecular complexity index is 1210. The molecule has 5 nitrogen and oxygen atoms in total. The minimum Gasteiger partial charge on any atom is -0.508 e. The zero-order valence-corrected chi connectivity index (χ0v) is 13.8. The number of benzene rings is 3. The van der Waals surface area contributed by atoms with Gasteiger partial charge in [0.15, 0.2) is 22.9 Å². The van der Waals surface area contributed by atoms with Crippen molar-refractivity contribution in [3.8, 4) is 23.0 Å². The van der Waals surface area contributed by atoms with E-state index < -0.39 is 46.1 Å². The molecule has 0 amide bonds. The number of halogens is 3. The van der Waals surface area contributed by atoms with Crippen LogP contribution in [0.5, 0.6) is 23.0 Å². The predicted octanol–water partition coefficient (Wildman–Crippen LogP) is 4.08. The minimum absolute atomic E-state index is 0.0690. The molecule has 1 atom stereocenters.